The van der Waals surface area contributed by atoms with Crippen LogP contribution in [-0.2, 0) is 6.42 Å². The zero-order chi connectivity index (χ0) is 14.8. The van der Waals surface area contributed by atoms with Gasteiger partial charge in [-0.2, -0.15) is 0 Å². The monoisotopic (exact) mass is 278 g/mol. The highest BCUT2D eigenvalue weighted by Crippen LogP contribution is 2.23. The van der Waals surface area contributed by atoms with E-state index in [0.717, 1.165) is 17.5 Å². The van der Waals surface area contributed by atoms with Crippen LogP contribution < -0.4 is 5.73 Å². The molecule has 0 radical (unpaired) electrons. The number of benzene rings is 2. The number of fused-ring (bicyclic) bond motifs is 1. The molecule has 0 fully saturated rings. The summed E-state index contributed by atoms with van der Waals surface area (Å²) >= 11 is 0. The van der Waals surface area contributed by atoms with Crippen LogP contribution in [0.3, 0.4) is 0 Å². The maximum Gasteiger partial charge on any atom is 0.164 e. The van der Waals surface area contributed by atoms with E-state index in [-0.39, 0.29) is 5.78 Å². The van der Waals surface area contributed by atoms with Crippen molar-refractivity contribution >= 4 is 22.4 Å². The highest BCUT2D eigenvalue weighted by molar-refractivity contribution is 6.00. The predicted octanol–water partition coefficient (Wildman–Crippen LogP) is 3.93. The molecule has 0 aliphatic rings. The lowest BCUT2D eigenvalue weighted by Crippen LogP contribution is -2.03. The average molecular weight is 278 g/mol. The van der Waals surface area contributed by atoms with Crippen molar-refractivity contribution in [2.75, 3.05) is 5.73 Å². The minimum Gasteiger partial charge on any atom is -0.398 e. The number of aromatic nitrogens is 1. The van der Waals surface area contributed by atoms with E-state index in [1.807, 2.05) is 43.5 Å². The first-order valence-electron chi connectivity index (χ1n) is 7.15. The summed E-state index contributed by atoms with van der Waals surface area (Å²) in [7, 11) is 0. The number of carbonyl (C=O) groups is 1. The summed E-state index contributed by atoms with van der Waals surface area (Å²) in [6.07, 6.45) is 3.31. The fourth-order valence-corrected chi connectivity index (χ4v) is 2.66. The number of carbonyl (C=O) groups excluding carboxylic acids is 1. The standard InChI is InChI=1S/C18H18N2O/c1-2-18(21)15-8-7-12(10-16(15)19)9-13-11-20-17-6-4-3-5-14(13)17/h3-8,10-11,20H,2,9,19H2,1H3. The van der Waals surface area contributed by atoms with Crippen LogP contribution in [0.2, 0.25) is 0 Å². The second-order valence-corrected chi connectivity index (χ2v) is 5.23. The van der Waals surface area contributed by atoms with E-state index in [9.17, 15) is 4.79 Å². The number of hydrogen-bond donors (Lipinski definition) is 2. The van der Waals surface area contributed by atoms with Gasteiger partial charge in [-0.15, -0.1) is 0 Å². The number of ketones is 1. The van der Waals surface area contributed by atoms with Gasteiger partial charge in [-0.05, 0) is 35.7 Å². The second-order valence-electron chi connectivity index (χ2n) is 5.23. The molecular weight excluding hydrogens is 260 g/mol. The molecule has 3 N–H and O–H groups in total. The van der Waals surface area contributed by atoms with Crippen LogP contribution in [0.5, 0.6) is 0 Å². The molecule has 1 heterocycles. The van der Waals surface area contributed by atoms with Crippen molar-refractivity contribution in [2.45, 2.75) is 19.8 Å². The fraction of sp³-hybridized carbons (Fsp3) is 0.167. The zero-order valence-corrected chi connectivity index (χ0v) is 12.0. The molecular formula is C18H18N2O. The van der Waals surface area contributed by atoms with Gasteiger partial charge in [0.2, 0.25) is 0 Å². The normalized spacial score (nSPS) is 10.9. The Balaban J connectivity index is 1.92. The average Bonchev–Trinajstić information content (AvgIpc) is 2.90. The number of rotatable bonds is 4. The Morgan fingerprint density at radius 1 is 1.19 bits per heavy atom. The number of nitrogens with two attached hydrogens (primary N) is 1. The molecule has 1 aromatic heterocycles. The molecule has 0 bridgehead atoms. The molecule has 3 nitrogen and oxygen atoms in total. The van der Waals surface area contributed by atoms with Gasteiger partial charge in [-0.3, -0.25) is 4.79 Å². The predicted molar refractivity (Wildman–Crippen MR) is 86.6 cm³/mol. The van der Waals surface area contributed by atoms with Crippen molar-refractivity contribution in [1.29, 1.82) is 0 Å². The third-order valence-electron chi connectivity index (χ3n) is 3.81. The molecule has 0 amide bonds. The maximum atomic E-state index is 11.8. The van der Waals surface area contributed by atoms with Crippen molar-refractivity contribution in [1.82, 2.24) is 4.98 Å². The summed E-state index contributed by atoms with van der Waals surface area (Å²) in [5, 5.41) is 1.23. The number of hydrogen-bond acceptors (Lipinski definition) is 2. The molecule has 3 heteroatoms. The van der Waals surface area contributed by atoms with Crippen LogP contribution in [0, 0.1) is 0 Å². The molecule has 0 aliphatic heterocycles. The Morgan fingerprint density at radius 2 is 2.00 bits per heavy atom. The number of nitrogens with one attached hydrogen (secondary N) is 1. The molecule has 0 saturated heterocycles. The molecule has 106 valence electrons. The summed E-state index contributed by atoms with van der Waals surface area (Å²) in [5.74, 6) is 0.0890. The van der Waals surface area contributed by atoms with E-state index in [4.69, 9.17) is 5.73 Å². The maximum absolute atomic E-state index is 11.8. The molecule has 2 aromatic carbocycles. The van der Waals surface area contributed by atoms with Gasteiger partial charge in [0.1, 0.15) is 0 Å². The number of anilines is 1. The van der Waals surface area contributed by atoms with Crippen molar-refractivity contribution < 1.29 is 4.79 Å². The van der Waals surface area contributed by atoms with Gasteiger partial charge in [-0.25, -0.2) is 0 Å². The number of para-hydroxylation sites is 1. The molecule has 0 spiro atoms. The minimum absolute atomic E-state index is 0.0890. The van der Waals surface area contributed by atoms with E-state index >= 15 is 0 Å². The number of H-pyrrole nitrogens is 1. The van der Waals surface area contributed by atoms with E-state index in [1.54, 1.807) is 0 Å². The second kappa shape index (κ2) is 5.44. The van der Waals surface area contributed by atoms with Gasteiger partial charge in [0.25, 0.3) is 0 Å². The van der Waals surface area contributed by atoms with E-state index in [1.165, 1.54) is 10.9 Å². The van der Waals surface area contributed by atoms with Gasteiger partial charge in [0.05, 0.1) is 0 Å². The first kappa shape index (κ1) is 13.4. The van der Waals surface area contributed by atoms with Gasteiger partial charge in [0.15, 0.2) is 5.78 Å². The van der Waals surface area contributed by atoms with Gasteiger partial charge >= 0.3 is 0 Å². The van der Waals surface area contributed by atoms with Gasteiger partial charge < -0.3 is 10.7 Å². The Bertz CT molecular complexity index is 802. The van der Waals surface area contributed by atoms with Crippen LogP contribution in [-0.4, -0.2) is 10.8 Å². The Labute approximate surface area is 123 Å². The van der Waals surface area contributed by atoms with E-state index in [2.05, 4.69) is 17.1 Å². The van der Waals surface area contributed by atoms with Crippen molar-refractivity contribution in [3.8, 4) is 0 Å². The van der Waals surface area contributed by atoms with Gasteiger partial charge in [-0.1, -0.05) is 31.2 Å². The third kappa shape index (κ3) is 2.55. The SMILES string of the molecule is CCC(=O)c1ccc(Cc2c[nH]c3ccccc23)cc1N. The van der Waals surface area contributed by atoms with E-state index in [0.29, 0.717) is 17.7 Å². The largest absolute Gasteiger partial charge is 0.398 e. The summed E-state index contributed by atoms with van der Waals surface area (Å²) in [6, 6.07) is 14.0. The summed E-state index contributed by atoms with van der Waals surface area (Å²) in [4.78, 5) is 15.0. The molecule has 0 aliphatic carbocycles. The Kier molecular flexibility index (Phi) is 3.48. The smallest absolute Gasteiger partial charge is 0.164 e. The first-order valence-corrected chi connectivity index (χ1v) is 7.15. The van der Waals surface area contributed by atoms with Gasteiger partial charge in [0, 0.05) is 34.8 Å². The summed E-state index contributed by atoms with van der Waals surface area (Å²) in [5.41, 5.74) is 10.7. The lowest BCUT2D eigenvalue weighted by molar-refractivity contribution is 0.0989. The topological polar surface area (TPSA) is 58.9 Å². The molecule has 0 unspecified atom stereocenters. The highest BCUT2D eigenvalue weighted by atomic mass is 16.1. The number of nitrogen functional groups attached to an aromatic ring is 1. The molecule has 21 heavy (non-hydrogen) atoms. The zero-order valence-electron chi connectivity index (χ0n) is 12.0. The molecule has 0 atom stereocenters. The van der Waals surface area contributed by atoms with Crippen LogP contribution in [0.15, 0.2) is 48.7 Å². The van der Waals surface area contributed by atoms with Crippen LogP contribution in [0.25, 0.3) is 10.9 Å². The van der Waals surface area contributed by atoms with Crippen molar-refractivity contribution in [3.63, 3.8) is 0 Å². The first-order chi connectivity index (χ1) is 10.2. The molecule has 0 saturated carbocycles. The molecule has 3 rings (SSSR count). The number of Topliss-reactive ketones (excluding diaryl/α,β-unsaturated/α-hetero) is 1. The number of aromatic amines is 1. The van der Waals surface area contributed by atoms with Crippen LogP contribution in [0.1, 0.15) is 34.8 Å². The Morgan fingerprint density at radius 3 is 2.76 bits per heavy atom. The quantitative estimate of drug-likeness (QED) is 0.561. The van der Waals surface area contributed by atoms with Crippen molar-refractivity contribution in [2.24, 2.45) is 0 Å². The highest BCUT2D eigenvalue weighted by Gasteiger charge is 2.09. The minimum atomic E-state index is 0.0890. The fourth-order valence-electron chi connectivity index (χ4n) is 2.66. The lowest BCUT2D eigenvalue weighted by Gasteiger charge is -2.07. The van der Waals surface area contributed by atoms with Crippen LogP contribution in [0.4, 0.5) is 5.69 Å². The Hall–Kier alpha value is -2.55. The lowest BCUT2D eigenvalue weighted by atomic mass is 9.99. The molecule has 3 aromatic rings. The third-order valence-corrected chi connectivity index (χ3v) is 3.81. The summed E-state index contributed by atoms with van der Waals surface area (Å²) in [6.45, 7) is 1.85. The summed E-state index contributed by atoms with van der Waals surface area (Å²) < 4.78 is 0. The van der Waals surface area contributed by atoms with Crippen molar-refractivity contribution in [3.05, 3.63) is 65.4 Å². The van der Waals surface area contributed by atoms with Crippen LogP contribution >= 0.6 is 0 Å². The van der Waals surface area contributed by atoms with E-state index < -0.39 is 0 Å².